The lowest BCUT2D eigenvalue weighted by atomic mass is 10.1. The number of aromatic nitrogens is 3. The molecule has 10 nitrogen and oxygen atoms in total. The standard InChI is InChI=1S/C30H34FN7O3S/c1-19(21-8-10-22(31)11-9-21)37-12-14-38(15-13-37)26-17-27(35-29(34-26)32-18-23-5-4-16-40-23)41-24-6-3-7-25-28(24)36-30(42-25)33-20(2)39/h3,6-11,17,19,23H,4-5,12-16,18H2,1-2H3,(H,32,34,35)(H,33,36,39)/t19-,23+/m1/s1. The quantitative estimate of drug-likeness (QED) is 0.263. The van der Waals surface area contributed by atoms with E-state index in [1.54, 1.807) is 0 Å². The number of anilines is 3. The maximum Gasteiger partial charge on any atom is 0.228 e. The number of fused-ring (bicyclic) bond motifs is 1. The van der Waals surface area contributed by atoms with E-state index in [-0.39, 0.29) is 23.9 Å². The molecule has 220 valence electrons. The number of nitrogens with zero attached hydrogens (tertiary/aromatic N) is 5. The third kappa shape index (κ3) is 6.61. The van der Waals surface area contributed by atoms with Crippen LogP contribution in [0.15, 0.2) is 48.5 Å². The second kappa shape index (κ2) is 12.6. The number of para-hydroxylation sites is 1. The number of piperazine rings is 1. The van der Waals surface area contributed by atoms with Crippen LogP contribution < -0.4 is 20.3 Å². The summed E-state index contributed by atoms with van der Waals surface area (Å²) < 4.78 is 26.4. The van der Waals surface area contributed by atoms with E-state index in [2.05, 4.69) is 37.3 Å². The molecule has 0 saturated carbocycles. The highest BCUT2D eigenvalue weighted by molar-refractivity contribution is 7.22. The van der Waals surface area contributed by atoms with Gasteiger partial charge in [-0.3, -0.25) is 9.69 Å². The van der Waals surface area contributed by atoms with Crippen molar-refractivity contribution in [3.63, 3.8) is 0 Å². The second-order valence-corrected chi connectivity index (χ2v) is 11.6. The van der Waals surface area contributed by atoms with Gasteiger partial charge in [0, 0.05) is 58.4 Å². The molecule has 0 aliphatic carbocycles. The summed E-state index contributed by atoms with van der Waals surface area (Å²) in [6.45, 7) is 8.23. The zero-order valence-corrected chi connectivity index (χ0v) is 24.5. The molecule has 2 aliphatic rings. The monoisotopic (exact) mass is 591 g/mol. The van der Waals surface area contributed by atoms with Gasteiger partial charge in [0.25, 0.3) is 0 Å². The van der Waals surface area contributed by atoms with Gasteiger partial charge in [0.2, 0.25) is 17.7 Å². The average Bonchev–Trinajstić information content (AvgIpc) is 3.66. The SMILES string of the molecule is CC(=O)Nc1nc2c(Oc3cc(N4CCN([C@H](C)c5ccc(F)cc5)CC4)nc(NC[C@@H]4CCCO4)n3)cccc2s1. The van der Waals surface area contributed by atoms with Crippen molar-refractivity contribution in [3.8, 4) is 11.6 Å². The van der Waals surface area contributed by atoms with Gasteiger partial charge >= 0.3 is 0 Å². The highest BCUT2D eigenvalue weighted by Gasteiger charge is 2.25. The van der Waals surface area contributed by atoms with E-state index in [9.17, 15) is 9.18 Å². The van der Waals surface area contributed by atoms with Crippen molar-refractivity contribution in [2.24, 2.45) is 0 Å². The molecule has 2 atom stereocenters. The molecule has 4 heterocycles. The normalized spacial score (nSPS) is 18.3. The van der Waals surface area contributed by atoms with Gasteiger partial charge in [-0.05, 0) is 49.6 Å². The van der Waals surface area contributed by atoms with Crippen molar-refractivity contribution in [1.29, 1.82) is 0 Å². The Morgan fingerprint density at radius 2 is 1.95 bits per heavy atom. The van der Waals surface area contributed by atoms with E-state index in [0.29, 0.717) is 34.8 Å². The van der Waals surface area contributed by atoms with Crippen LogP contribution in [-0.2, 0) is 9.53 Å². The number of hydrogen-bond acceptors (Lipinski definition) is 10. The van der Waals surface area contributed by atoms with Crippen LogP contribution in [0.5, 0.6) is 11.6 Å². The van der Waals surface area contributed by atoms with Crippen LogP contribution in [-0.4, -0.2) is 71.2 Å². The molecule has 2 N–H and O–H groups in total. The number of hydrogen-bond donors (Lipinski definition) is 2. The van der Waals surface area contributed by atoms with Gasteiger partial charge in [-0.2, -0.15) is 9.97 Å². The van der Waals surface area contributed by atoms with E-state index >= 15 is 0 Å². The lowest BCUT2D eigenvalue weighted by Gasteiger charge is -2.38. The first-order valence-electron chi connectivity index (χ1n) is 14.3. The summed E-state index contributed by atoms with van der Waals surface area (Å²) in [6, 6.07) is 14.5. The molecule has 2 fully saturated rings. The number of nitrogens with one attached hydrogen (secondary N) is 2. The largest absolute Gasteiger partial charge is 0.436 e. The smallest absolute Gasteiger partial charge is 0.228 e. The molecule has 0 spiro atoms. The van der Waals surface area contributed by atoms with Crippen molar-refractivity contribution >= 4 is 44.4 Å². The van der Waals surface area contributed by atoms with Crippen molar-refractivity contribution in [2.45, 2.75) is 38.8 Å². The Labute approximate surface area is 247 Å². The Hall–Kier alpha value is -3.87. The van der Waals surface area contributed by atoms with Crippen LogP contribution in [0.3, 0.4) is 0 Å². The minimum absolute atomic E-state index is 0.133. The molecule has 0 bridgehead atoms. The lowest BCUT2D eigenvalue weighted by molar-refractivity contribution is -0.114. The molecule has 2 saturated heterocycles. The first-order valence-corrected chi connectivity index (χ1v) is 15.1. The third-order valence-electron chi connectivity index (χ3n) is 7.62. The summed E-state index contributed by atoms with van der Waals surface area (Å²) in [5, 5.41) is 6.62. The predicted octanol–water partition coefficient (Wildman–Crippen LogP) is 5.45. The Kier molecular flexibility index (Phi) is 8.45. The molecule has 0 unspecified atom stereocenters. The Balaban J connectivity index is 1.22. The predicted molar refractivity (Wildman–Crippen MR) is 162 cm³/mol. The van der Waals surface area contributed by atoms with E-state index in [4.69, 9.17) is 14.5 Å². The van der Waals surface area contributed by atoms with Crippen LogP contribution in [0.4, 0.5) is 21.3 Å². The van der Waals surface area contributed by atoms with Gasteiger partial charge in [0.15, 0.2) is 10.9 Å². The summed E-state index contributed by atoms with van der Waals surface area (Å²) in [4.78, 5) is 30.3. The van der Waals surface area contributed by atoms with Gasteiger partial charge in [-0.1, -0.05) is 29.5 Å². The number of thiazole rings is 1. The van der Waals surface area contributed by atoms with Crippen LogP contribution in [0.2, 0.25) is 0 Å². The number of benzene rings is 2. The highest BCUT2D eigenvalue weighted by atomic mass is 32.1. The number of rotatable bonds is 9. The zero-order chi connectivity index (χ0) is 29.1. The number of carbonyl (C=O) groups excluding carboxylic acids is 1. The number of amides is 1. The van der Waals surface area contributed by atoms with Gasteiger partial charge < -0.3 is 25.0 Å². The summed E-state index contributed by atoms with van der Waals surface area (Å²) in [6.07, 6.45) is 2.20. The first kappa shape index (κ1) is 28.3. The molecule has 4 aromatic rings. The van der Waals surface area contributed by atoms with E-state index in [1.807, 2.05) is 36.4 Å². The van der Waals surface area contributed by atoms with Gasteiger partial charge in [-0.25, -0.2) is 9.37 Å². The molecule has 42 heavy (non-hydrogen) atoms. The summed E-state index contributed by atoms with van der Waals surface area (Å²) in [7, 11) is 0. The van der Waals surface area contributed by atoms with Crippen LogP contribution >= 0.6 is 11.3 Å². The fraction of sp³-hybridized carbons (Fsp3) is 0.400. The molecule has 1 amide bonds. The maximum atomic E-state index is 13.4. The van der Waals surface area contributed by atoms with Crippen LogP contribution in [0, 0.1) is 5.82 Å². The average molecular weight is 592 g/mol. The number of carbonyl (C=O) groups is 1. The number of halogens is 1. The van der Waals surface area contributed by atoms with Crippen molar-refractivity contribution < 1.29 is 18.7 Å². The molecule has 12 heteroatoms. The summed E-state index contributed by atoms with van der Waals surface area (Å²) in [5.41, 5.74) is 1.75. The topological polar surface area (TPSA) is 105 Å². The first-order chi connectivity index (χ1) is 20.4. The molecule has 2 aliphatic heterocycles. The van der Waals surface area contributed by atoms with Crippen molar-refractivity contribution in [3.05, 3.63) is 59.9 Å². The van der Waals surface area contributed by atoms with E-state index < -0.39 is 0 Å². The summed E-state index contributed by atoms with van der Waals surface area (Å²) >= 11 is 1.39. The fourth-order valence-electron chi connectivity index (χ4n) is 5.33. The maximum absolute atomic E-state index is 13.4. The van der Waals surface area contributed by atoms with E-state index in [0.717, 1.165) is 61.7 Å². The Morgan fingerprint density at radius 1 is 1.14 bits per heavy atom. The minimum atomic E-state index is -0.222. The molecule has 2 aromatic carbocycles. The van der Waals surface area contributed by atoms with Crippen LogP contribution in [0.1, 0.15) is 38.3 Å². The van der Waals surface area contributed by atoms with Crippen LogP contribution in [0.25, 0.3) is 10.2 Å². The fourth-order valence-corrected chi connectivity index (χ4v) is 6.26. The Morgan fingerprint density at radius 3 is 2.69 bits per heavy atom. The molecule has 6 rings (SSSR count). The molecule has 0 radical (unpaired) electrons. The van der Waals surface area contributed by atoms with E-state index in [1.165, 1.54) is 30.4 Å². The molecular formula is C30H34FN7O3S. The zero-order valence-electron chi connectivity index (χ0n) is 23.7. The lowest BCUT2D eigenvalue weighted by Crippen LogP contribution is -2.47. The highest BCUT2D eigenvalue weighted by Crippen LogP contribution is 2.35. The van der Waals surface area contributed by atoms with Crippen molar-refractivity contribution in [2.75, 3.05) is 54.9 Å². The summed E-state index contributed by atoms with van der Waals surface area (Å²) in [5.74, 6) is 1.80. The number of ether oxygens (including phenoxy) is 2. The molecular weight excluding hydrogens is 557 g/mol. The van der Waals surface area contributed by atoms with Gasteiger partial charge in [0.05, 0.1) is 10.8 Å². The second-order valence-electron chi connectivity index (χ2n) is 10.6. The Bertz CT molecular complexity index is 1540. The minimum Gasteiger partial charge on any atom is -0.436 e. The third-order valence-corrected chi connectivity index (χ3v) is 8.55. The van der Waals surface area contributed by atoms with Gasteiger partial charge in [-0.15, -0.1) is 0 Å². The van der Waals surface area contributed by atoms with Crippen molar-refractivity contribution in [1.82, 2.24) is 19.9 Å². The molecule has 2 aromatic heterocycles. The van der Waals surface area contributed by atoms with Gasteiger partial charge in [0.1, 0.15) is 17.2 Å².